The molecule has 0 spiro atoms. The highest BCUT2D eigenvalue weighted by Gasteiger charge is 2.41. The molecule has 1 aliphatic carbocycles. The van der Waals surface area contributed by atoms with Gasteiger partial charge in [0.25, 0.3) is 5.91 Å². The molecule has 4 atom stereocenters. The van der Waals surface area contributed by atoms with Crippen molar-refractivity contribution in [3.05, 3.63) is 30.1 Å². The Bertz CT molecular complexity index is 664. The Morgan fingerprint density at radius 3 is 2.85 bits per heavy atom. The molecule has 1 aliphatic heterocycles. The summed E-state index contributed by atoms with van der Waals surface area (Å²) in [4.78, 5) is 24.1. The van der Waals surface area contributed by atoms with Crippen LogP contribution in [0.2, 0.25) is 0 Å². The highest BCUT2D eigenvalue weighted by atomic mass is 19.1. The van der Waals surface area contributed by atoms with Crippen molar-refractivity contribution in [2.24, 2.45) is 17.8 Å². The molecule has 26 heavy (non-hydrogen) atoms. The SMILES string of the molecule is CC(C)C1CC(=O)NC2CC(NC(=O)COc3ccccc3F)CCC21. The number of hydrogen-bond acceptors (Lipinski definition) is 3. The van der Waals surface area contributed by atoms with E-state index >= 15 is 0 Å². The second-order valence-corrected chi connectivity index (χ2v) is 7.75. The highest BCUT2D eigenvalue weighted by Crippen LogP contribution is 2.38. The molecule has 6 heteroatoms. The molecule has 142 valence electrons. The van der Waals surface area contributed by atoms with E-state index in [2.05, 4.69) is 24.5 Å². The van der Waals surface area contributed by atoms with E-state index < -0.39 is 5.82 Å². The van der Waals surface area contributed by atoms with Crippen LogP contribution in [0.1, 0.15) is 39.5 Å². The Kier molecular flexibility index (Phi) is 5.79. The third-order valence-corrected chi connectivity index (χ3v) is 5.64. The molecule has 2 amide bonds. The van der Waals surface area contributed by atoms with Gasteiger partial charge in [0.1, 0.15) is 0 Å². The van der Waals surface area contributed by atoms with Crippen molar-refractivity contribution < 1.29 is 18.7 Å². The lowest BCUT2D eigenvalue weighted by molar-refractivity contribution is -0.128. The monoisotopic (exact) mass is 362 g/mol. The lowest BCUT2D eigenvalue weighted by Crippen LogP contribution is -2.56. The minimum Gasteiger partial charge on any atom is -0.481 e. The van der Waals surface area contributed by atoms with Crippen LogP contribution >= 0.6 is 0 Å². The Balaban J connectivity index is 1.51. The minimum absolute atomic E-state index is 0.0131. The largest absolute Gasteiger partial charge is 0.481 e. The van der Waals surface area contributed by atoms with Crippen LogP contribution in [0, 0.1) is 23.6 Å². The summed E-state index contributed by atoms with van der Waals surface area (Å²) in [7, 11) is 0. The molecule has 2 aliphatic rings. The first-order chi connectivity index (χ1) is 12.4. The van der Waals surface area contributed by atoms with Crippen molar-refractivity contribution in [2.45, 2.75) is 51.6 Å². The fourth-order valence-electron chi connectivity index (χ4n) is 4.34. The van der Waals surface area contributed by atoms with Gasteiger partial charge in [-0.1, -0.05) is 26.0 Å². The molecule has 1 saturated heterocycles. The highest BCUT2D eigenvalue weighted by molar-refractivity contribution is 5.78. The molecule has 2 N–H and O–H groups in total. The number of benzene rings is 1. The van der Waals surface area contributed by atoms with Gasteiger partial charge >= 0.3 is 0 Å². The number of hydrogen-bond donors (Lipinski definition) is 2. The first kappa shape index (κ1) is 18.7. The molecule has 0 aromatic heterocycles. The second kappa shape index (κ2) is 8.06. The van der Waals surface area contributed by atoms with Gasteiger partial charge in [0.2, 0.25) is 5.91 Å². The van der Waals surface area contributed by atoms with Gasteiger partial charge in [-0.2, -0.15) is 0 Å². The number of halogens is 1. The van der Waals surface area contributed by atoms with Gasteiger partial charge < -0.3 is 15.4 Å². The van der Waals surface area contributed by atoms with Crippen molar-refractivity contribution in [3.8, 4) is 5.75 Å². The van der Waals surface area contributed by atoms with Crippen LogP contribution in [0.3, 0.4) is 0 Å². The topological polar surface area (TPSA) is 67.4 Å². The van der Waals surface area contributed by atoms with Crippen LogP contribution in [0.15, 0.2) is 24.3 Å². The molecule has 1 aromatic carbocycles. The lowest BCUT2D eigenvalue weighted by atomic mass is 9.67. The number of ether oxygens (including phenoxy) is 1. The standard InChI is InChI=1S/C20H27FN2O3/c1-12(2)15-10-19(24)23-17-9-13(7-8-14(15)17)22-20(25)11-26-18-6-4-3-5-16(18)21/h3-6,12-15,17H,7-11H2,1-2H3,(H,22,25)(H,23,24). The molecule has 4 unspecified atom stereocenters. The van der Waals surface area contributed by atoms with Crippen LogP contribution in [-0.2, 0) is 9.59 Å². The number of para-hydroxylation sites is 1. The summed E-state index contributed by atoms with van der Waals surface area (Å²) in [5.41, 5.74) is 0. The van der Waals surface area contributed by atoms with E-state index in [1.165, 1.54) is 12.1 Å². The predicted octanol–water partition coefficient (Wildman–Crippen LogP) is 2.65. The van der Waals surface area contributed by atoms with Gasteiger partial charge in [0, 0.05) is 18.5 Å². The van der Waals surface area contributed by atoms with Gasteiger partial charge in [0.05, 0.1) is 0 Å². The van der Waals surface area contributed by atoms with Crippen molar-refractivity contribution in [1.82, 2.24) is 10.6 Å². The van der Waals surface area contributed by atoms with Gasteiger partial charge in [-0.15, -0.1) is 0 Å². The van der Waals surface area contributed by atoms with Gasteiger partial charge in [-0.3, -0.25) is 9.59 Å². The lowest BCUT2D eigenvalue weighted by Gasteiger charge is -2.45. The Morgan fingerprint density at radius 1 is 1.35 bits per heavy atom. The second-order valence-electron chi connectivity index (χ2n) is 7.75. The average molecular weight is 362 g/mol. The molecule has 0 radical (unpaired) electrons. The maximum absolute atomic E-state index is 13.5. The quantitative estimate of drug-likeness (QED) is 0.846. The summed E-state index contributed by atoms with van der Waals surface area (Å²) in [5, 5.41) is 6.06. The maximum Gasteiger partial charge on any atom is 0.258 e. The molecule has 0 bridgehead atoms. The minimum atomic E-state index is -0.481. The Hall–Kier alpha value is -2.11. The van der Waals surface area contributed by atoms with Crippen molar-refractivity contribution in [1.29, 1.82) is 0 Å². The zero-order valence-electron chi connectivity index (χ0n) is 15.3. The van der Waals surface area contributed by atoms with Crippen molar-refractivity contribution >= 4 is 11.8 Å². The van der Waals surface area contributed by atoms with Crippen LogP contribution in [0.5, 0.6) is 5.75 Å². The normalized spacial score (nSPS) is 28.2. The van der Waals surface area contributed by atoms with Crippen molar-refractivity contribution in [3.63, 3.8) is 0 Å². The Labute approximate surface area is 153 Å². The fourth-order valence-corrected chi connectivity index (χ4v) is 4.34. The Morgan fingerprint density at radius 2 is 2.12 bits per heavy atom. The first-order valence-corrected chi connectivity index (χ1v) is 9.40. The average Bonchev–Trinajstić information content (AvgIpc) is 2.60. The molecule has 2 fully saturated rings. The van der Waals surface area contributed by atoms with E-state index in [1.54, 1.807) is 12.1 Å². The van der Waals surface area contributed by atoms with Crippen LogP contribution in [0.4, 0.5) is 4.39 Å². The predicted molar refractivity (Wildman–Crippen MR) is 96.0 cm³/mol. The summed E-state index contributed by atoms with van der Waals surface area (Å²) in [6.07, 6.45) is 3.23. The van der Waals surface area contributed by atoms with Gasteiger partial charge in [0.15, 0.2) is 18.2 Å². The number of carbonyl (C=O) groups is 2. The number of carbonyl (C=O) groups excluding carboxylic acids is 2. The summed E-state index contributed by atoms with van der Waals surface area (Å²) in [6.45, 7) is 4.13. The number of piperidine rings is 1. The van der Waals surface area contributed by atoms with Crippen LogP contribution < -0.4 is 15.4 Å². The van der Waals surface area contributed by atoms with Gasteiger partial charge in [-0.05, 0) is 49.1 Å². The van der Waals surface area contributed by atoms with E-state index in [1.807, 2.05) is 0 Å². The summed E-state index contributed by atoms with van der Waals surface area (Å²) in [5.74, 6) is 0.814. The van der Waals surface area contributed by atoms with E-state index in [0.29, 0.717) is 24.2 Å². The number of amides is 2. The number of fused-ring (bicyclic) bond motifs is 1. The maximum atomic E-state index is 13.5. The van der Waals surface area contributed by atoms with E-state index in [0.717, 1.165) is 19.3 Å². The van der Waals surface area contributed by atoms with Crippen molar-refractivity contribution in [2.75, 3.05) is 6.61 Å². The smallest absolute Gasteiger partial charge is 0.258 e. The summed E-state index contributed by atoms with van der Waals surface area (Å²) >= 11 is 0. The zero-order valence-corrected chi connectivity index (χ0v) is 15.3. The molecule has 5 nitrogen and oxygen atoms in total. The van der Waals surface area contributed by atoms with E-state index in [-0.39, 0.29) is 36.3 Å². The summed E-state index contributed by atoms with van der Waals surface area (Å²) < 4.78 is 18.8. The summed E-state index contributed by atoms with van der Waals surface area (Å²) in [6, 6.07) is 6.16. The van der Waals surface area contributed by atoms with E-state index in [4.69, 9.17) is 4.74 Å². The third kappa shape index (κ3) is 4.34. The molecular weight excluding hydrogens is 335 g/mol. The first-order valence-electron chi connectivity index (χ1n) is 9.40. The van der Waals surface area contributed by atoms with Gasteiger partial charge in [-0.25, -0.2) is 4.39 Å². The number of nitrogens with one attached hydrogen (secondary N) is 2. The molecular formula is C20H27FN2O3. The zero-order chi connectivity index (χ0) is 18.7. The number of rotatable bonds is 5. The van der Waals surface area contributed by atoms with Crippen LogP contribution in [0.25, 0.3) is 0 Å². The molecule has 3 rings (SSSR count). The fraction of sp³-hybridized carbons (Fsp3) is 0.600. The molecule has 1 aromatic rings. The molecule has 1 saturated carbocycles. The van der Waals surface area contributed by atoms with Crippen LogP contribution in [-0.4, -0.2) is 30.5 Å². The molecule has 1 heterocycles. The van der Waals surface area contributed by atoms with E-state index in [9.17, 15) is 14.0 Å². The third-order valence-electron chi connectivity index (χ3n) is 5.64.